The Bertz CT molecular complexity index is 983. The minimum Gasteiger partial charge on any atom is -0.508 e. The van der Waals surface area contributed by atoms with Crippen LogP contribution >= 0.6 is 0 Å². The van der Waals surface area contributed by atoms with Gasteiger partial charge in [-0.15, -0.1) is 0 Å². The first-order chi connectivity index (χ1) is 15.4. The molecule has 3 rings (SSSR count). The Balaban J connectivity index is 0.000000439. The fourth-order valence-electron chi connectivity index (χ4n) is 3.80. The summed E-state index contributed by atoms with van der Waals surface area (Å²) in [5.74, 6) is 0.686. The second-order valence-corrected chi connectivity index (χ2v) is 7.45. The van der Waals surface area contributed by atoms with E-state index in [2.05, 4.69) is 11.9 Å². The number of phenolic OH excluding ortho intramolecular Hbond substituents is 1. The van der Waals surface area contributed by atoms with Crippen molar-refractivity contribution < 1.29 is 24.2 Å². The van der Waals surface area contributed by atoms with Crippen molar-refractivity contribution in [1.29, 1.82) is 0 Å². The molecule has 32 heavy (non-hydrogen) atoms. The van der Waals surface area contributed by atoms with Crippen LogP contribution in [0, 0.1) is 5.92 Å². The Morgan fingerprint density at radius 1 is 1.19 bits per heavy atom. The number of aromatic hydroxyl groups is 1. The zero-order chi connectivity index (χ0) is 23.7. The van der Waals surface area contributed by atoms with Crippen molar-refractivity contribution in [2.75, 3.05) is 14.2 Å². The van der Waals surface area contributed by atoms with E-state index in [4.69, 9.17) is 14.6 Å². The highest BCUT2D eigenvalue weighted by Crippen LogP contribution is 2.38. The van der Waals surface area contributed by atoms with E-state index in [1.165, 1.54) is 7.11 Å². The number of methoxy groups -OCH3 is 2. The van der Waals surface area contributed by atoms with Gasteiger partial charge in [0.15, 0.2) is 5.78 Å². The van der Waals surface area contributed by atoms with Crippen LogP contribution in [0.3, 0.4) is 0 Å². The third kappa shape index (κ3) is 6.00. The number of phenols is 1. The van der Waals surface area contributed by atoms with Crippen LogP contribution in [0.5, 0.6) is 5.75 Å². The second kappa shape index (κ2) is 11.7. The molecule has 170 valence electrons. The fourth-order valence-corrected chi connectivity index (χ4v) is 3.80. The largest absolute Gasteiger partial charge is 0.508 e. The Morgan fingerprint density at radius 2 is 1.88 bits per heavy atom. The lowest BCUT2D eigenvalue weighted by Gasteiger charge is -2.32. The van der Waals surface area contributed by atoms with Gasteiger partial charge < -0.3 is 19.9 Å². The van der Waals surface area contributed by atoms with Gasteiger partial charge in [0.05, 0.1) is 19.8 Å². The highest BCUT2D eigenvalue weighted by atomic mass is 16.5. The van der Waals surface area contributed by atoms with Gasteiger partial charge in [0, 0.05) is 35.7 Å². The molecule has 1 aromatic carbocycles. The van der Waals surface area contributed by atoms with Crippen molar-refractivity contribution in [2.24, 2.45) is 5.92 Å². The van der Waals surface area contributed by atoms with Gasteiger partial charge in [0.2, 0.25) is 0 Å². The lowest BCUT2D eigenvalue weighted by Crippen LogP contribution is -2.32. The molecule has 0 saturated carbocycles. The van der Waals surface area contributed by atoms with E-state index in [0.29, 0.717) is 36.2 Å². The number of allylic oxidation sites excluding steroid dienone is 7. The summed E-state index contributed by atoms with van der Waals surface area (Å²) in [6.45, 7) is 7.63. The number of esters is 1. The van der Waals surface area contributed by atoms with E-state index < -0.39 is 5.97 Å². The number of hydrogen-bond donors (Lipinski definition) is 2. The van der Waals surface area contributed by atoms with Crippen molar-refractivity contribution in [3.8, 4) is 5.75 Å². The molecular formula is C26H31NO5. The third-order valence-corrected chi connectivity index (χ3v) is 5.40. The number of nitrogens with one attached hydrogen (secondary N) is 1. The summed E-state index contributed by atoms with van der Waals surface area (Å²) in [5.41, 5.74) is 3.72. The smallest absolute Gasteiger partial charge is 0.335 e. The minimum absolute atomic E-state index is 0.00474. The topological polar surface area (TPSA) is 84.9 Å². The van der Waals surface area contributed by atoms with E-state index >= 15 is 0 Å². The lowest BCUT2D eigenvalue weighted by molar-refractivity contribution is -0.136. The summed E-state index contributed by atoms with van der Waals surface area (Å²) >= 11 is 0. The number of Topliss-reactive ketones (excluding diaryl/α,β-unsaturated/α-hetero) is 1. The molecule has 1 heterocycles. The summed E-state index contributed by atoms with van der Waals surface area (Å²) < 4.78 is 10.3. The number of hydrogen-bond acceptors (Lipinski definition) is 6. The molecule has 0 spiro atoms. The highest BCUT2D eigenvalue weighted by molar-refractivity contribution is 6.01. The van der Waals surface area contributed by atoms with Gasteiger partial charge >= 0.3 is 5.97 Å². The van der Waals surface area contributed by atoms with E-state index in [9.17, 15) is 9.59 Å². The maximum Gasteiger partial charge on any atom is 0.335 e. The van der Waals surface area contributed by atoms with Crippen LogP contribution in [0.25, 0.3) is 0 Å². The number of para-hydroxylation sites is 1. The van der Waals surface area contributed by atoms with Crippen molar-refractivity contribution in [3.63, 3.8) is 0 Å². The molecule has 1 aliphatic carbocycles. The average Bonchev–Trinajstić information content (AvgIpc) is 2.79. The zero-order valence-electron chi connectivity index (χ0n) is 19.1. The van der Waals surface area contributed by atoms with Gasteiger partial charge in [-0.1, -0.05) is 36.9 Å². The summed E-state index contributed by atoms with van der Waals surface area (Å²) in [6.07, 6.45) is 6.91. The van der Waals surface area contributed by atoms with Crippen molar-refractivity contribution in [3.05, 3.63) is 89.0 Å². The summed E-state index contributed by atoms with van der Waals surface area (Å²) in [6, 6.07) is 8.71. The van der Waals surface area contributed by atoms with Gasteiger partial charge in [-0.05, 0) is 44.1 Å². The molecule has 2 aliphatic rings. The van der Waals surface area contributed by atoms with Crippen molar-refractivity contribution in [2.45, 2.75) is 33.1 Å². The number of rotatable bonds is 5. The Kier molecular flexibility index (Phi) is 9.08. The second-order valence-electron chi connectivity index (χ2n) is 7.45. The molecule has 1 unspecified atom stereocenters. The number of ether oxygens (including phenoxy) is 2. The highest BCUT2D eigenvalue weighted by Gasteiger charge is 2.34. The van der Waals surface area contributed by atoms with Crippen molar-refractivity contribution >= 4 is 11.8 Å². The first kappa shape index (κ1) is 24.7. The van der Waals surface area contributed by atoms with Crippen LogP contribution in [-0.4, -0.2) is 31.1 Å². The fraction of sp³-hybridized carbons (Fsp3) is 0.308. The summed E-state index contributed by atoms with van der Waals surface area (Å²) in [4.78, 5) is 24.6. The molecule has 6 nitrogen and oxygen atoms in total. The SMILES string of the molecule is C=C/C(=C(\C=C/C)OC)C1CC(=O)C2=C(C1)NC(C)=C(C(=O)OC)C2.Oc1ccccc1. The number of benzene rings is 1. The summed E-state index contributed by atoms with van der Waals surface area (Å²) in [7, 11) is 2.96. The molecule has 0 radical (unpaired) electrons. The van der Waals surface area contributed by atoms with E-state index in [0.717, 1.165) is 22.7 Å². The predicted octanol–water partition coefficient (Wildman–Crippen LogP) is 4.71. The molecule has 0 amide bonds. The van der Waals surface area contributed by atoms with Gasteiger partial charge in [0.25, 0.3) is 0 Å². The third-order valence-electron chi connectivity index (χ3n) is 5.40. The molecule has 0 fully saturated rings. The molecule has 1 aromatic rings. The van der Waals surface area contributed by atoms with Crippen LogP contribution in [-0.2, 0) is 19.1 Å². The van der Waals surface area contributed by atoms with Crippen LogP contribution in [0.2, 0.25) is 0 Å². The zero-order valence-corrected chi connectivity index (χ0v) is 19.1. The van der Waals surface area contributed by atoms with E-state index in [-0.39, 0.29) is 11.7 Å². The van der Waals surface area contributed by atoms with Gasteiger partial charge in [-0.3, -0.25) is 4.79 Å². The summed E-state index contributed by atoms with van der Waals surface area (Å²) in [5, 5.41) is 11.9. The minimum atomic E-state index is -0.395. The molecule has 0 bridgehead atoms. The molecular weight excluding hydrogens is 406 g/mol. The molecule has 6 heteroatoms. The van der Waals surface area contributed by atoms with Crippen LogP contribution in [0.15, 0.2) is 89.0 Å². The number of dihydropyridines is 1. The maximum absolute atomic E-state index is 12.7. The number of ketones is 1. The van der Waals surface area contributed by atoms with Gasteiger partial charge in [-0.25, -0.2) is 4.79 Å². The van der Waals surface area contributed by atoms with Crippen LogP contribution < -0.4 is 5.32 Å². The lowest BCUT2D eigenvalue weighted by atomic mass is 9.78. The first-order valence-electron chi connectivity index (χ1n) is 10.4. The van der Waals surface area contributed by atoms with Crippen LogP contribution in [0.1, 0.15) is 33.1 Å². The molecule has 1 atom stereocenters. The number of carbonyl (C=O) groups is 2. The molecule has 0 saturated heterocycles. The Morgan fingerprint density at radius 3 is 2.38 bits per heavy atom. The number of carbonyl (C=O) groups excluding carboxylic acids is 2. The normalized spacial score (nSPS) is 18.8. The van der Waals surface area contributed by atoms with E-state index in [1.807, 2.05) is 32.1 Å². The molecule has 0 aromatic heterocycles. The van der Waals surface area contributed by atoms with Gasteiger partial charge in [-0.2, -0.15) is 0 Å². The maximum atomic E-state index is 12.7. The van der Waals surface area contributed by atoms with E-state index in [1.54, 1.807) is 37.5 Å². The quantitative estimate of drug-likeness (QED) is 0.394. The van der Waals surface area contributed by atoms with Crippen molar-refractivity contribution in [1.82, 2.24) is 5.32 Å². The Hall–Kier alpha value is -3.54. The molecule has 1 aliphatic heterocycles. The Labute approximate surface area is 189 Å². The first-order valence-corrected chi connectivity index (χ1v) is 10.4. The monoisotopic (exact) mass is 437 g/mol. The standard InChI is InChI=1S/C20H25NO4.C6H6O/c1-6-8-19(24-4)14(7-2)13-9-17-16(18(22)10-13)11-15(12(3)21-17)20(23)25-5;7-6-4-2-1-3-5-6/h6-8,13,21H,2,9-11H2,1,3-5H3;1-5,7H/b8-6-,19-14-;. The van der Waals surface area contributed by atoms with Gasteiger partial charge in [0.1, 0.15) is 11.5 Å². The molecule has 2 N–H and O–H groups in total. The van der Waals surface area contributed by atoms with Crippen LogP contribution in [0.4, 0.5) is 0 Å². The average molecular weight is 438 g/mol. The predicted molar refractivity (Wildman–Crippen MR) is 124 cm³/mol.